The van der Waals surface area contributed by atoms with E-state index in [1.165, 1.54) is 19.3 Å². The van der Waals surface area contributed by atoms with Crippen LogP contribution >= 0.6 is 0 Å². The van der Waals surface area contributed by atoms with Crippen LogP contribution in [0.4, 0.5) is 0 Å². The summed E-state index contributed by atoms with van der Waals surface area (Å²) in [5.41, 5.74) is 2.93. The minimum Gasteiger partial charge on any atom is -0.351 e. The molecule has 1 aliphatic carbocycles. The summed E-state index contributed by atoms with van der Waals surface area (Å²) in [6.07, 6.45) is 3.50. The van der Waals surface area contributed by atoms with Gasteiger partial charge in [-0.25, -0.2) is 0 Å². The monoisotopic (exact) mass is 258 g/mol. The molecule has 0 aromatic carbocycles. The average Bonchev–Trinajstić information content (AvgIpc) is 2.29. The van der Waals surface area contributed by atoms with Crippen LogP contribution in [0.5, 0.6) is 0 Å². The molecule has 108 valence electrons. The van der Waals surface area contributed by atoms with Crippen LogP contribution in [0.1, 0.15) is 47.0 Å². The summed E-state index contributed by atoms with van der Waals surface area (Å²) in [6, 6.07) is 0.0927. The van der Waals surface area contributed by atoms with Gasteiger partial charge in [-0.3, -0.25) is 11.3 Å². The molecule has 3 atom stereocenters. The van der Waals surface area contributed by atoms with Gasteiger partial charge in [-0.1, -0.05) is 13.8 Å². The van der Waals surface area contributed by atoms with E-state index in [9.17, 15) is 0 Å². The zero-order valence-electron chi connectivity index (χ0n) is 12.3. The van der Waals surface area contributed by atoms with Crippen molar-refractivity contribution in [2.45, 2.75) is 59.3 Å². The standard InChI is InChI=1S/C14H30N2O2/c1-5-17-14(18-6-2)13(16-15)12-8-10(3)7-11(4)9-12/h10-14,16H,5-9,15H2,1-4H3. The van der Waals surface area contributed by atoms with Gasteiger partial charge in [0.2, 0.25) is 0 Å². The van der Waals surface area contributed by atoms with Gasteiger partial charge in [0.1, 0.15) is 0 Å². The van der Waals surface area contributed by atoms with Gasteiger partial charge in [-0.15, -0.1) is 0 Å². The van der Waals surface area contributed by atoms with E-state index in [0.29, 0.717) is 19.1 Å². The number of nitrogens with two attached hydrogens (primary N) is 1. The maximum Gasteiger partial charge on any atom is 0.174 e. The average molecular weight is 258 g/mol. The third kappa shape index (κ3) is 4.50. The molecule has 0 amide bonds. The van der Waals surface area contributed by atoms with Crippen LogP contribution < -0.4 is 11.3 Å². The Kier molecular flexibility index (Phi) is 7.15. The van der Waals surface area contributed by atoms with Crippen molar-refractivity contribution in [1.29, 1.82) is 0 Å². The Morgan fingerprint density at radius 3 is 1.94 bits per heavy atom. The molecule has 1 saturated carbocycles. The first kappa shape index (κ1) is 15.9. The second-order valence-electron chi connectivity index (χ2n) is 5.65. The molecular formula is C14H30N2O2. The SMILES string of the molecule is CCOC(OCC)C(NN)C1CC(C)CC(C)C1. The molecule has 0 bridgehead atoms. The van der Waals surface area contributed by atoms with Crippen molar-refractivity contribution in [3.63, 3.8) is 0 Å². The largest absolute Gasteiger partial charge is 0.351 e. The van der Waals surface area contributed by atoms with Gasteiger partial charge in [-0.2, -0.15) is 0 Å². The summed E-state index contributed by atoms with van der Waals surface area (Å²) in [5, 5.41) is 0. The number of hydrazine groups is 1. The van der Waals surface area contributed by atoms with Crippen LogP contribution in [0.2, 0.25) is 0 Å². The Bertz CT molecular complexity index is 210. The Balaban J connectivity index is 2.66. The van der Waals surface area contributed by atoms with Crippen LogP contribution in [0, 0.1) is 17.8 Å². The number of nitrogens with one attached hydrogen (secondary N) is 1. The molecule has 3 N–H and O–H groups in total. The minimum atomic E-state index is -0.229. The minimum absolute atomic E-state index is 0.0927. The maximum absolute atomic E-state index is 5.75. The highest BCUT2D eigenvalue weighted by Crippen LogP contribution is 2.35. The molecule has 1 rings (SSSR count). The highest BCUT2D eigenvalue weighted by molar-refractivity contribution is 4.85. The highest BCUT2D eigenvalue weighted by atomic mass is 16.7. The quantitative estimate of drug-likeness (QED) is 0.418. The molecular weight excluding hydrogens is 228 g/mol. The van der Waals surface area contributed by atoms with Gasteiger partial charge in [0.15, 0.2) is 6.29 Å². The third-order valence-corrected chi connectivity index (χ3v) is 3.87. The van der Waals surface area contributed by atoms with Gasteiger partial charge < -0.3 is 9.47 Å². The number of ether oxygens (including phenoxy) is 2. The normalized spacial score (nSPS) is 30.7. The van der Waals surface area contributed by atoms with E-state index in [-0.39, 0.29) is 12.3 Å². The van der Waals surface area contributed by atoms with Crippen molar-refractivity contribution < 1.29 is 9.47 Å². The maximum atomic E-state index is 5.75. The number of hydrogen-bond acceptors (Lipinski definition) is 4. The van der Waals surface area contributed by atoms with Crippen molar-refractivity contribution in [1.82, 2.24) is 5.43 Å². The lowest BCUT2D eigenvalue weighted by Gasteiger charge is -2.39. The molecule has 0 radical (unpaired) electrons. The van der Waals surface area contributed by atoms with E-state index in [1.807, 2.05) is 13.8 Å². The van der Waals surface area contributed by atoms with Crippen molar-refractivity contribution >= 4 is 0 Å². The first-order valence-corrected chi connectivity index (χ1v) is 7.31. The van der Waals surface area contributed by atoms with Gasteiger partial charge in [0.05, 0.1) is 6.04 Å². The number of rotatable bonds is 7. The van der Waals surface area contributed by atoms with E-state index in [4.69, 9.17) is 15.3 Å². The molecule has 3 unspecified atom stereocenters. The molecule has 4 heteroatoms. The van der Waals surface area contributed by atoms with E-state index < -0.39 is 0 Å². The summed E-state index contributed by atoms with van der Waals surface area (Å²) in [4.78, 5) is 0. The molecule has 1 fully saturated rings. The predicted molar refractivity (Wildman–Crippen MR) is 73.8 cm³/mol. The van der Waals surface area contributed by atoms with Gasteiger partial charge in [0.25, 0.3) is 0 Å². The van der Waals surface area contributed by atoms with Crippen molar-refractivity contribution in [3.05, 3.63) is 0 Å². The van der Waals surface area contributed by atoms with Crippen LogP contribution in [0.3, 0.4) is 0 Å². The summed E-state index contributed by atoms with van der Waals surface area (Å²) in [7, 11) is 0. The van der Waals surface area contributed by atoms with Gasteiger partial charge in [0, 0.05) is 13.2 Å². The summed E-state index contributed by atoms with van der Waals surface area (Å²) in [6.45, 7) is 9.94. The second kappa shape index (κ2) is 8.10. The Morgan fingerprint density at radius 2 is 1.56 bits per heavy atom. The molecule has 4 nitrogen and oxygen atoms in total. The molecule has 0 heterocycles. The Labute approximate surface area is 112 Å². The van der Waals surface area contributed by atoms with E-state index in [2.05, 4.69) is 19.3 Å². The molecule has 18 heavy (non-hydrogen) atoms. The van der Waals surface area contributed by atoms with Crippen LogP contribution in [-0.2, 0) is 9.47 Å². The summed E-state index contributed by atoms with van der Waals surface area (Å²) < 4.78 is 11.4. The van der Waals surface area contributed by atoms with E-state index >= 15 is 0 Å². The molecule has 0 spiro atoms. The summed E-state index contributed by atoms with van der Waals surface area (Å²) in [5.74, 6) is 7.81. The first-order valence-electron chi connectivity index (χ1n) is 7.31. The second-order valence-corrected chi connectivity index (χ2v) is 5.65. The van der Waals surface area contributed by atoms with E-state index in [0.717, 1.165) is 11.8 Å². The lowest BCUT2D eigenvalue weighted by atomic mass is 9.73. The Hall–Kier alpha value is -0.160. The predicted octanol–water partition coefficient (Wildman–Crippen LogP) is 2.29. The fourth-order valence-corrected chi connectivity index (χ4v) is 3.32. The molecule has 0 aromatic rings. The summed E-state index contributed by atoms with van der Waals surface area (Å²) >= 11 is 0. The third-order valence-electron chi connectivity index (χ3n) is 3.87. The van der Waals surface area contributed by atoms with Crippen LogP contribution in [0.25, 0.3) is 0 Å². The fourth-order valence-electron chi connectivity index (χ4n) is 3.32. The molecule has 0 aliphatic heterocycles. The topological polar surface area (TPSA) is 56.5 Å². The van der Waals surface area contributed by atoms with Crippen molar-refractivity contribution in [2.24, 2.45) is 23.6 Å². The Morgan fingerprint density at radius 1 is 1.06 bits per heavy atom. The van der Waals surface area contributed by atoms with Gasteiger partial charge >= 0.3 is 0 Å². The van der Waals surface area contributed by atoms with Crippen molar-refractivity contribution in [2.75, 3.05) is 13.2 Å². The fraction of sp³-hybridized carbons (Fsp3) is 1.00. The first-order chi connectivity index (χ1) is 8.62. The lowest BCUT2D eigenvalue weighted by molar-refractivity contribution is -0.166. The number of hydrogen-bond donors (Lipinski definition) is 2. The zero-order valence-corrected chi connectivity index (χ0v) is 12.3. The molecule has 0 saturated heterocycles. The van der Waals surface area contributed by atoms with Crippen LogP contribution in [-0.4, -0.2) is 25.5 Å². The van der Waals surface area contributed by atoms with Crippen molar-refractivity contribution in [3.8, 4) is 0 Å². The molecule has 1 aliphatic rings. The van der Waals surface area contributed by atoms with Gasteiger partial charge in [-0.05, 0) is 50.9 Å². The smallest absolute Gasteiger partial charge is 0.174 e. The van der Waals surface area contributed by atoms with E-state index in [1.54, 1.807) is 0 Å². The highest BCUT2D eigenvalue weighted by Gasteiger charge is 2.34. The lowest BCUT2D eigenvalue weighted by Crippen LogP contribution is -2.52. The molecule has 0 aromatic heterocycles. The van der Waals surface area contributed by atoms with Crippen LogP contribution in [0.15, 0.2) is 0 Å². The zero-order chi connectivity index (χ0) is 13.5.